The van der Waals surface area contributed by atoms with Crippen molar-refractivity contribution in [2.24, 2.45) is 0 Å². The number of alkyl halides is 4. The van der Waals surface area contributed by atoms with Crippen LogP contribution in [0.5, 0.6) is 0 Å². The maximum Gasteiger partial charge on any atom is 0.401 e. The Hall–Kier alpha value is -0.0900. The second-order valence-corrected chi connectivity index (χ2v) is 7.08. The second kappa shape index (κ2) is 7.26. The molecule has 0 atom stereocenters. The van der Waals surface area contributed by atoms with Crippen LogP contribution >= 0.6 is 11.6 Å². The molecular formula is C10H19ClF3N3O2S. The van der Waals surface area contributed by atoms with Crippen molar-refractivity contribution in [2.75, 3.05) is 52.2 Å². The maximum atomic E-state index is 12.2. The first-order valence-electron chi connectivity index (χ1n) is 6.23. The van der Waals surface area contributed by atoms with Crippen LogP contribution in [-0.4, -0.2) is 80.3 Å². The van der Waals surface area contributed by atoms with Crippen LogP contribution < -0.4 is 0 Å². The third-order valence-corrected chi connectivity index (χ3v) is 5.32. The lowest BCUT2D eigenvalue weighted by Gasteiger charge is -2.36. The monoisotopic (exact) mass is 337 g/mol. The zero-order chi connectivity index (χ0) is 15.4. The molecule has 0 aromatic rings. The first-order valence-corrected chi connectivity index (χ1v) is 8.16. The van der Waals surface area contributed by atoms with Crippen molar-refractivity contribution < 1.29 is 21.6 Å². The molecule has 0 bridgehead atoms. The predicted molar refractivity (Wildman–Crippen MR) is 71.0 cm³/mol. The van der Waals surface area contributed by atoms with Crippen molar-refractivity contribution in [3.05, 3.63) is 0 Å². The van der Waals surface area contributed by atoms with Gasteiger partial charge in [0.2, 0.25) is 0 Å². The molecule has 5 nitrogen and oxygen atoms in total. The summed E-state index contributed by atoms with van der Waals surface area (Å²) >= 11 is 5.51. The molecule has 10 heteroatoms. The Morgan fingerprint density at radius 3 is 2.20 bits per heavy atom. The maximum absolute atomic E-state index is 12.2. The molecular weight excluding hydrogens is 319 g/mol. The van der Waals surface area contributed by atoms with Gasteiger partial charge in [-0.3, -0.25) is 4.90 Å². The lowest BCUT2D eigenvalue weighted by Crippen LogP contribution is -2.53. The molecule has 1 aliphatic rings. The number of rotatable bonds is 6. The van der Waals surface area contributed by atoms with Gasteiger partial charge in [-0.1, -0.05) is 0 Å². The van der Waals surface area contributed by atoms with Crippen LogP contribution in [0.1, 0.15) is 6.42 Å². The molecule has 0 N–H and O–H groups in total. The van der Waals surface area contributed by atoms with Gasteiger partial charge in [-0.05, 0) is 6.42 Å². The van der Waals surface area contributed by atoms with Crippen LogP contribution in [0.25, 0.3) is 0 Å². The van der Waals surface area contributed by atoms with Crippen molar-refractivity contribution in [3.8, 4) is 0 Å². The smallest absolute Gasteiger partial charge is 0.292 e. The normalized spacial score (nSPS) is 19.7. The minimum atomic E-state index is -4.25. The number of halogens is 4. The molecule has 0 amide bonds. The van der Waals surface area contributed by atoms with Gasteiger partial charge < -0.3 is 0 Å². The third-order valence-electron chi connectivity index (χ3n) is 3.06. The highest BCUT2D eigenvalue weighted by Crippen LogP contribution is 2.18. The van der Waals surface area contributed by atoms with Gasteiger partial charge in [0.1, 0.15) is 0 Å². The van der Waals surface area contributed by atoms with E-state index in [9.17, 15) is 21.6 Å². The molecule has 0 unspecified atom stereocenters. The van der Waals surface area contributed by atoms with E-state index in [1.807, 2.05) is 0 Å². The lowest BCUT2D eigenvalue weighted by atomic mass is 10.3. The number of hydrogen-bond donors (Lipinski definition) is 0. The Balaban J connectivity index is 2.51. The molecule has 1 heterocycles. The van der Waals surface area contributed by atoms with Gasteiger partial charge in [-0.15, -0.1) is 11.6 Å². The van der Waals surface area contributed by atoms with Gasteiger partial charge in [-0.25, -0.2) is 0 Å². The Labute approximate surface area is 122 Å². The average Bonchev–Trinajstić information content (AvgIpc) is 2.34. The van der Waals surface area contributed by atoms with E-state index in [1.54, 1.807) is 0 Å². The number of piperazine rings is 1. The quantitative estimate of drug-likeness (QED) is 0.678. The minimum Gasteiger partial charge on any atom is -0.292 e. The van der Waals surface area contributed by atoms with Crippen LogP contribution in [0, 0.1) is 0 Å². The van der Waals surface area contributed by atoms with Crippen molar-refractivity contribution in [1.82, 2.24) is 13.5 Å². The van der Waals surface area contributed by atoms with Crippen LogP contribution in [0.3, 0.4) is 0 Å². The molecule has 120 valence electrons. The Kier molecular flexibility index (Phi) is 6.52. The second-order valence-electron chi connectivity index (χ2n) is 4.66. The van der Waals surface area contributed by atoms with Crippen LogP contribution in [0.4, 0.5) is 13.2 Å². The van der Waals surface area contributed by atoms with Gasteiger partial charge in [0.25, 0.3) is 10.2 Å². The highest BCUT2D eigenvalue weighted by Gasteiger charge is 2.35. The summed E-state index contributed by atoms with van der Waals surface area (Å²) in [5, 5.41) is 0. The number of nitrogens with zero attached hydrogens (tertiary/aromatic N) is 3. The van der Waals surface area contributed by atoms with E-state index in [4.69, 9.17) is 11.6 Å². The molecule has 0 aromatic heterocycles. The van der Waals surface area contributed by atoms with Gasteiger partial charge in [-0.2, -0.15) is 30.2 Å². The fourth-order valence-electron chi connectivity index (χ4n) is 1.97. The van der Waals surface area contributed by atoms with Gasteiger partial charge in [0, 0.05) is 45.7 Å². The van der Waals surface area contributed by atoms with E-state index in [1.165, 1.54) is 20.6 Å². The Morgan fingerprint density at radius 1 is 1.20 bits per heavy atom. The first-order chi connectivity index (χ1) is 9.16. The topological polar surface area (TPSA) is 43.9 Å². The fourth-order valence-corrected chi connectivity index (χ4v) is 3.47. The zero-order valence-electron chi connectivity index (χ0n) is 11.2. The summed E-state index contributed by atoms with van der Waals surface area (Å²) in [6.07, 6.45) is -3.72. The lowest BCUT2D eigenvalue weighted by molar-refractivity contribution is -0.148. The summed E-state index contributed by atoms with van der Waals surface area (Å²) in [4.78, 5) is 1.21. The van der Waals surface area contributed by atoms with E-state index in [0.717, 1.165) is 0 Å². The first kappa shape index (κ1) is 18.0. The molecule has 0 saturated carbocycles. The van der Waals surface area contributed by atoms with E-state index in [2.05, 4.69) is 0 Å². The summed E-state index contributed by atoms with van der Waals surface area (Å²) in [6, 6.07) is 0. The summed E-state index contributed by atoms with van der Waals surface area (Å²) in [7, 11) is -2.15. The van der Waals surface area contributed by atoms with Crippen molar-refractivity contribution >= 4 is 21.8 Å². The number of hydrogen-bond acceptors (Lipinski definition) is 3. The average molecular weight is 338 g/mol. The SMILES string of the molecule is CN(CCCCl)S(=O)(=O)N1CCN(CC(F)(F)F)CC1. The van der Waals surface area contributed by atoms with Crippen molar-refractivity contribution in [1.29, 1.82) is 0 Å². The molecule has 1 saturated heterocycles. The van der Waals surface area contributed by atoms with Crippen LogP contribution in [0.2, 0.25) is 0 Å². The fraction of sp³-hybridized carbons (Fsp3) is 1.00. The molecule has 0 spiro atoms. The molecule has 0 aromatic carbocycles. The Bertz CT molecular complexity index is 397. The summed E-state index contributed by atoms with van der Waals surface area (Å²) in [6.45, 7) is -0.380. The zero-order valence-corrected chi connectivity index (χ0v) is 12.8. The largest absolute Gasteiger partial charge is 0.401 e. The highest BCUT2D eigenvalue weighted by atomic mass is 35.5. The van der Waals surface area contributed by atoms with E-state index < -0.39 is 22.9 Å². The predicted octanol–water partition coefficient (Wildman–Crippen LogP) is 0.972. The van der Waals surface area contributed by atoms with Gasteiger partial charge >= 0.3 is 6.18 Å². The Morgan fingerprint density at radius 2 is 1.75 bits per heavy atom. The molecule has 1 aliphatic heterocycles. The van der Waals surface area contributed by atoms with E-state index in [-0.39, 0.29) is 26.2 Å². The summed E-state index contributed by atoms with van der Waals surface area (Å²) < 4.78 is 63.4. The molecule has 1 rings (SSSR count). The van der Waals surface area contributed by atoms with Crippen LogP contribution in [-0.2, 0) is 10.2 Å². The summed E-state index contributed by atoms with van der Waals surface area (Å²) in [5.41, 5.74) is 0. The van der Waals surface area contributed by atoms with Crippen LogP contribution in [0.15, 0.2) is 0 Å². The molecule has 1 fully saturated rings. The van der Waals surface area contributed by atoms with Crippen molar-refractivity contribution in [2.45, 2.75) is 12.6 Å². The standard InChI is InChI=1S/C10H19ClF3N3O2S/c1-15(4-2-3-11)20(18,19)17-7-5-16(6-8-17)9-10(12,13)14/h2-9H2,1H3. The van der Waals surface area contributed by atoms with E-state index >= 15 is 0 Å². The van der Waals surface area contributed by atoms with Gasteiger partial charge in [0.05, 0.1) is 6.54 Å². The molecule has 20 heavy (non-hydrogen) atoms. The van der Waals surface area contributed by atoms with E-state index in [0.29, 0.717) is 18.8 Å². The molecule has 0 aliphatic carbocycles. The molecule has 0 radical (unpaired) electrons. The minimum absolute atomic E-state index is 0.0730. The van der Waals surface area contributed by atoms with Gasteiger partial charge in [0.15, 0.2) is 0 Å². The summed E-state index contributed by atoms with van der Waals surface area (Å²) in [5.74, 6) is 0.360. The third kappa shape index (κ3) is 5.36. The van der Waals surface area contributed by atoms with Crippen molar-refractivity contribution in [3.63, 3.8) is 0 Å². The highest BCUT2D eigenvalue weighted by molar-refractivity contribution is 7.86.